The maximum Gasteiger partial charge on any atom is 0.106 e. The number of anilines is 2. The quantitative estimate of drug-likeness (QED) is 0.814. The highest BCUT2D eigenvalue weighted by Crippen LogP contribution is 2.26. The molecule has 0 bridgehead atoms. The molecule has 4 heteroatoms. The average Bonchev–Trinajstić information content (AvgIpc) is 2.34. The summed E-state index contributed by atoms with van der Waals surface area (Å²) in [5.74, 6) is 0. The highest BCUT2D eigenvalue weighted by molar-refractivity contribution is 9.10. The van der Waals surface area contributed by atoms with E-state index in [0.29, 0.717) is 4.99 Å². The molecule has 0 amide bonds. The van der Waals surface area contributed by atoms with Crippen molar-refractivity contribution in [2.24, 2.45) is 5.73 Å². The number of hydrogen-bond acceptors (Lipinski definition) is 2. The van der Waals surface area contributed by atoms with Crippen LogP contribution in [0.25, 0.3) is 0 Å². The van der Waals surface area contributed by atoms with E-state index in [9.17, 15) is 0 Å². The molecule has 2 rings (SSSR count). The third-order valence-corrected chi connectivity index (χ3v) is 3.61. The van der Waals surface area contributed by atoms with Crippen LogP contribution >= 0.6 is 28.1 Å². The van der Waals surface area contributed by atoms with E-state index < -0.39 is 0 Å². The lowest BCUT2D eigenvalue weighted by Crippen LogP contribution is -2.12. The highest BCUT2D eigenvalue weighted by atomic mass is 79.9. The first-order valence-electron chi connectivity index (χ1n) is 5.91. The molecule has 0 heterocycles. The maximum atomic E-state index is 5.77. The molecule has 0 aliphatic carbocycles. The van der Waals surface area contributed by atoms with Crippen molar-refractivity contribution in [2.45, 2.75) is 13.8 Å². The lowest BCUT2D eigenvalue weighted by molar-refractivity contribution is 1.37. The van der Waals surface area contributed by atoms with Gasteiger partial charge in [-0.25, -0.2) is 0 Å². The van der Waals surface area contributed by atoms with Crippen molar-refractivity contribution in [1.29, 1.82) is 0 Å². The van der Waals surface area contributed by atoms with E-state index in [1.807, 2.05) is 18.2 Å². The number of nitrogens with two attached hydrogens (primary N) is 1. The first-order valence-corrected chi connectivity index (χ1v) is 7.11. The Kier molecular flexibility index (Phi) is 4.22. The van der Waals surface area contributed by atoms with Crippen LogP contribution in [0, 0.1) is 13.8 Å². The number of rotatable bonds is 3. The second-order valence-electron chi connectivity index (χ2n) is 4.50. The van der Waals surface area contributed by atoms with Crippen LogP contribution in [0.15, 0.2) is 40.9 Å². The summed E-state index contributed by atoms with van der Waals surface area (Å²) in [5.41, 5.74) is 11.0. The van der Waals surface area contributed by atoms with Crippen molar-refractivity contribution in [3.63, 3.8) is 0 Å². The van der Waals surface area contributed by atoms with Crippen molar-refractivity contribution in [2.75, 3.05) is 5.32 Å². The minimum Gasteiger partial charge on any atom is -0.389 e. The van der Waals surface area contributed by atoms with Crippen molar-refractivity contribution >= 4 is 44.5 Å². The first-order chi connectivity index (χ1) is 8.97. The van der Waals surface area contributed by atoms with E-state index in [1.54, 1.807) is 0 Å². The van der Waals surface area contributed by atoms with Crippen molar-refractivity contribution in [1.82, 2.24) is 0 Å². The Morgan fingerprint density at radius 1 is 1.11 bits per heavy atom. The van der Waals surface area contributed by atoms with Crippen LogP contribution in [-0.4, -0.2) is 4.99 Å². The van der Waals surface area contributed by atoms with Gasteiger partial charge in [-0.05, 0) is 43.7 Å². The van der Waals surface area contributed by atoms with Gasteiger partial charge in [-0.1, -0.05) is 45.8 Å². The molecule has 98 valence electrons. The Bertz CT molecular complexity index is 638. The summed E-state index contributed by atoms with van der Waals surface area (Å²) in [6.45, 7) is 4.16. The molecule has 0 aliphatic heterocycles. The van der Waals surface area contributed by atoms with Gasteiger partial charge in [-0.15, -0.1) is 0 Å². The van der Waals surface area contributed by atoms with Gasteiger partial charge in [-0.3, -0.25) is 0 Å². The molecule has 2 aromatic rings. The van der Waals surface area contributed by atoms with Crippen LogP contribution in [0.2, 0.25) is 0 Å². The summed E-state index contributed by atoms with van der Waals surface area (Å²) >= 11 is 8.53. The van der Waals surface area contributed by atoms with Crippen LogP contribution in [0.4, 0.5) is 11.4 Å². The number of thiocarbonyl (C=S) groups is 1. The third-order valence-electron chi connectivity index (χ3n) is 2.90. The van der Waals surface area contributed by atoms with E-state index in [1.165, 1.54) is 11.1 Å². The number of benzene rings is 2. The first kappa shape index (κ1) is 14.0. The molecular weight excluding hydrogens is 320 g/mol. The van der Waals surface area contributed by atoms with E-state index in [0.717, 1.165) is 21.4 Å². The van der Waals surface area contributed by atoms with E-state index in [-0.39, 0.29) is 0 Å². The van der Waals surface area contributed by atoms with Crippen molar-refractivity contribution in [3.8, 4) is 0 Å². The van der Waals surface area contributed by atoms with E-state index in [2.05, 4.69) is 53.3 Å². The van der Waals surface area contributed by atoms with E-state index in [4.69, 9.17) is 18.0 Å². The summed E-state index contributed by atoms with van der Waals surface area (Å²) in [6.07, 6.45) is 0. The van der Waals surface area contributed by atoms with Crippen LogP contribution in [0.1, 0.15) is 16.7 Å². The lowest BCUT2D eigenvalue weighted by Gasteiger charge is -2.14. The van der Waals surface area contributed by atoms with Gasteiger partial charge in [-0.2, -0.15) is 0 Å². The van der Waals surface area contributed by atoms with Gasteiger partial charge in [0.2, 0.25) is 0 Å². The monoisotopic (exact) mass is 334 g/mol. The largest absolute Gasteiger partial charge is 0.389 e. The lowest BCUT2D eigenvalue weighted by atomic mass is 10.1. The molecule has 0 saturated carbocycles. The van der Waals surface area contributed by atoms with Crippen molar-refractivity contribution < 1.29 is 0 Å². The van der Waals surface area contributed by atoms with Crippen LogP contribution in [0.3, 0.4) is 0 Å². The predicted octanol–water partition coefficient (Wildman–Crippen LogP) is 4.44. The SMILES string of the molecule is Cc1ccc(Nc2ccc(Br)cc2C(N)=S)c(C)c1. The van der Waals surface area contributed by atoms with Gasteiger partial charge in [0.05, 0.1) is 0 Å². The van der Waals surface area contributed by atoms with Crippen LogP contribution in [-0.2, 0) is 0 Å². The van der Waals surface area contributed by atoms with Gasteiger partial charge in [0.1, 0.15) is 4.99 Å². The second-order valence-corrected chi connectivity index (χ2v) is 5.85. The average molecular weight is 335 g/mol. The molecule has 3 N–H and O–H groups in total. The zero-order valence-corrected chi connectivity index (χ0v) is 13.2. The summed E-state index contributed by atoms with van der Waals surface area (Å²) in [7, 11) is 0. The Labute approximate surface area is 127 Å². The molecule has 0 fully saturated rings. The molecule has 0 unspecified atom stereocenters. The second kappa shape index (κ2) is 5.72. The van der Waals surface area contributed by atoms with Crippen molar-refractivity contribution in [3.05, 3.63) is 57.6 Å². The highest BCUT2D eigenvalue weighted by Gasteiger charge is 2.07. The maximum absolute atomic E-state index is 5.77. The molecular formula is C15H15BrN2S. The van der Waals surface area contributed by atoms with Gasteiger partial charge < -0.3 is 11.1 Å². The minimum atomic E-state index is 0.383. The molecule has 0 aromatic heterocycles. The summed E-state index contributed by atoms with van der Waals surface area (Å²) < 4.78 is 0.960. The number of halogens is 1. The molecule has 0 spiro atoms. The topological polar surface area (TPSA) is 38.0 Å². The van der Waals surface area contributed by atoms with Crippen LogP contribution < -0.4 is 11.1 Å². The summed E-state index contributed by atoms with van der Waals surface area (Å²) in [4.78, 5) is 0.383. The predicted molar refractivity (Wildman–Crippen MR) is 89.2 cm³/mol. The smallest absolute Gasteiger partial charge is 0.106 e. The third kappa shape index (κ3) is 3.33. The van der Waals surface area contributed by atoms with Gasteiger partial charge in [0, 0.05) is 21.4 Å². The zero-order chi connectivity index (χ0) is 14.0. The number of hydrogen-bond donors (Lipinski definition) is 2. The molecule has 0 atom stereocenters. The van der Waals surface area contributed by atoms with Crippen LogP contribution in [0.5, 0.6) is 0 Å². The molecule has 0 radical (unpaired) electrons. The number of aryl methyl sites for hydroxylation is 2. The standard InChI is InChI=1S/C15H15BrN2S/c1-9-3-5-13(10(2)7-9)18-14-6-4-11(16)8-12(14)15(17)19/h3-8,18H,1-2H3,(H2,17,19). The summed E-state index contributed by atoms with van der Waals surface area (Å²) in [5, 5.41) is 3.39. The molecule has 2 nitrogen and oxygen atoms in total. The Morgan fingerprint density at radius 2 is 1.79 bits per heavy atom. The normalized spacial score (nSPS) is 10.3. The summed E-state index contributed by atoms with van der Waals surface area (Å²) in [6, 6.07) is 12.1. The van der Waals surface area contributed by atoms with Gasteiger partial charge in [0.25, 0.3) is 0 Å². The fourth-order valence-electron chi connectivity index (χ4n) is 1.93. The van der Waals surface area contributed by atoms with E-state index >= 15 is 0 Å². The van der Waals surface area contributed by atoms with Gasteiger partial charge in [0.15, 0.2) is 0 Å². The minimum absolute atomic E-state index is 0.383. The Balaban J connectivity index is 2.40. The Hall–Kier alpha value is -1.39. The fourth-order valence-corrected chi connectivity index (χ4v) is 2.46. The molecule has 0 saturated heterocycles. The molecule has 0 aliphatic rings. The Morgan fingerprint density at radius 3 is 2.42 bits per heavy atom. The van der Waals surface area contributed by atoms with Gasteiger partial charge >= 0.3 is 0 Å². The fraction of sp³-hybridized carbons (Fsp3) is 0.133. The zero-order valence-electron chi connectivity index (χ0n) is 10.8. The number of nitrogens with one attached hydrogen (secondary N) is 1. The molecule has 19 heavy (non-hydrogen) atoms. The molecule has 2 aromatic carbocycles.